The van der Waals surface area contributed by atoms with Crippen LogP contribution in [0.2, 0.25) is 0 Å². The molecule has 1 aromatic rings. The summed E-state index contributed by atoms with van der Waals surface area (Å²) >= 11 is 4.23. The Hall–Kier alpha value is -1.49. The summed E-state index contributed by atoms with van der Waals surface area (Å²) in [7, 11) is 1.62. The molecular weight excluding hydrogens is 272 g/mol. The summed E-state index contributed by atoms with van der Waals surface area (Å²) in [5.74, 6) is -0.0472. The van der Waals surface area contributed by atoms with Crippen LogP contribution in [0.3, 0.4) is 0 Å². The first-order valence-corrected chi connectivity index (χ1v) is 7.35. The van der Waals surface area contributed by atoms with E-state index in [4.69, 9.17) is 0 Å². The molecular formula is C15H20N2O2S. The van der Waals surface area contributed by atoms with E-state index >= 15 is 0 Å². The van der Waals surface area contributed by atoms with Crippen molar-refractivity contribution >= 4 is 24.4 Å². The maximum atomic E-state index is 12.4. The van der Waals surface area contributed by atoms with Crippen LogP contribution in [0, 0.1) is 0 Å². The highest BCUT2D eigenvalue weighted by molar-refractivity contribution is 7.80. The van der Waals surface area contributed by atoms with E-state index in [0.29, 0.717) is 13.0 Å². The Morgan fingerprint density at radius 3 is 2.65 bits per heavy atom. The average Bonchev–Trinajstić information content (AvgIpc) is 2.48. The van der Waals surface area contributed by atoms with Gasteiger partial charge in [-0.05, 0) is 37.0 Å². The quantitative estimate of drug-likeness (QED) is 0.832. The van der Waals surface area contributed by atoms with Crippen molar-refractivity contribution in [2.24, 2.45) is 0 Å². The molecule has 1 atom stereocenters. The van der Waals surface area contributed by atoms with Gasteiger partial charge >= 0.3 is 0 Å². The van der Waals surface area contributed by atoms with E-state index in [9.17, 15) is 9.59 Å². The standard InChI is InChI=1S/C15H20N2O2S/c1-16-15(19)13-4-2-3-9-17(13)14(18)10-11-5-7-12(20)8-6-11/h5-8,13,20H,2-4,9-10H2,1H3,(H,16,19). The predicted molar refractivity (Wildman–Crippen MR) is 80.8 cm³/mol. The molecule has 1 unspecified atom stereocenters. The fraction of sp³-hybridized carbons (Fsp3) is 0.467. The van der Waals surface area contributed by atoms with Crippen molar-refractivity contribution in [2.45, 2.75) is 36.6 Å². The van der Waals surface area contributed by atoms with Crippen molar-refractivity contribution in [3.8, 4) is 0 Å². The lowest BCUT2D eigenvalue weighted by molar-refractivity contribution is -0.141. The number of hydrogen-bond acceptors (Lipinski definition) is 3. The van der Waals surface area contributed by atoms with E-state index in [1.807, 2.05) is 24.3 Å². The number of likely N-dealkylation sites (tertiary alicyclic amines) is 1. The van der Waals surface area contributed by atoms with Gasteiger partial charge < -0.3 is 10.2 Å². The molecule has 1 fully saturated rings. The van der Waals surface area contributed by atoms with Crippen LogP contribution >= 0.6 is 12.6 Å². The van der Waals surface area contributed by atoms with E-state index in [0.717, 1.165) is 29.7 Å². The highest BCUT2D eigenvalue weighted by Crippen LogP contribution is 2.19. The van der Waals surface area contributed by atoms with Crippen LogP contribution < -0.4 is 5.32 Å². The van der Waals surface area contributed by atoms with E-state index in [2.05, 4.69) is 17.9 Å². The topological polar surface area (TPSA) is 49.4 Å². The molecule has 0 radical (unpaired) electrons. The molecule has 4 nitrogen and oxygen atoms in total. The number of nitrogens with one attached hydrogen (secondary N) is 1. The summed E-state index contributed by atoms with van der Waals surface area (Å²) in [4.78, 5) is 26.9. The molecule has 0 saturated carbocycles. The summed E-state index contributed by atoms with van der Waals surface area (Å²) in [5.41, 5.74) is 0.953. The molecule has 1 aliphatic rings. The maximum absolute atomic E-state index is 12.4. The van der Waals surface area contributed by atoms with Crippen LogP contribution in [-0.2, 0) is 16.0 Å². The van der Waals surface area contributed by atoms with Gasteiger partial charge in [0.05, 0.1) is 6.42 Å². The van der Waals surface area contributed by atoms with Crippen LogP contribution in [0.1, 0.15) is 24.8 Å². The van der Waals surface area contributed by atoms with Gasteiger partial charge in [0.1, 0.15) is 6.04 Å². The summed E-state index contributed by atoms with van der Waals surface area (Å²) in [6.45, 7) is 0.668. The van der Waals surface area contributed by atoms with Gasteiger partial charge in [-0.15, -0.1) is 12.6 Å². The number of nitrogens with zero attached hydrogens (tertiary/aromatic N) is 1. The molecule has 20 heavy (non-hydrogen) atoms. The summed E-state index contributed by atoms with van der Waals surface area (Å²) in [6.07, 6.45) is 3.05. The Kier molecular flexibility index (Phi) is 5.06. The van der Waals surface area contributed by atoms with Crippen LogP contribution in [-0.4, -0.2) is 36.3 Å². The average molecular weight is 292 g/mol. The SMILES string of the molecule is CNC(=O)C1CCCCN1C(=O)Cc1ccc(S)cc1. The Bertz CT molecular complexity index is 487. The number of carbonyl (C=O) groups is 2. The Morgan fingerprint density at radius 2 is 2.00 bits per heavy atom. The third kappa shape index (κ3) is 3.54. The van der Waals surface area contributed by atoms with Crippen molar-refractivity contribution in [1.29, 1.82) is 0 Å². The number of hydrogen-bond donors (Lipinski definition) is 2. The van der Waals surface area contributed by atoms with Crippen molar-refractivity contribution < 1.29 is 9.59 Å². The van der Waals surface area contributed by atoms with Crippen molar-refractivity contribution in [3.63, 3.8) is 0 Å². The number of benzene rings is 1. The molecule has 0 aromatic heterocycles. The number of amides is 2. The highest BCUT2D eigenvalue weighted by Gasteiger charge is 2.31. The first-order chi connectivity index (χ1) is 9.61. The van der Waals surface area contributed by atoms with E-state index < -0.39 is 0 Å². The second kappa shape index (κ2) is 6.79. The number of carbonyl (C=O) groups excluding carboxylic acids is 2. The second-order valence-corrected chi connectivity index (χ2v) is 5.57. The molecule has 0 aliphatic carbocycles. The zero-order valence-electron chi connectivity index (χ0n) is 11.6. The number of thiol groups is 1. The molecule has 2 rings (SSSR count). The zero-order chi connectivity index (χ0) is 14.5. The molecule has 1 heterocycles. The highest BCUT2D eigenvalue weighted by atomic mass is 32.1. The van der Waals surface area contributed by atoms with Crippen LogP contribution in [0.15, 0.2) is 29.2 Å². The third-order valence-corrected chi connectivity index (χ3v) is 3.96. The molecule has 1 saturated heterocycles. The summed E-state index contributed by atoms with van der Waals surface area (Å²) < 4.78 is 0. The molecule has 1 aliphatic heterocycles. The minimum absolute atomic E-state index is 0.0187. The smallest absolute Gasteiger partial charge is 0.242 e. The lowest BCUT2D eigenvalue weighted by atomic mass is 10.00. The first kappa shape index (κ1) is 14.9. The Morgan fingerprint density at radius 1 is 1.30 bits per heavy atom. The fourth-order valence-corrected chi connectivity index (χ4v) is 2.71. The molecule has 1 N–H and O–H groups in total. The molecule has 2 amide bonds. The molecule has 1 aromatic carbocycles. The first-order valence-electron chi connectivity index (χ1n) is 6.91. The fourth-order valence-electron chi connectivity index (χ4n) is 2.56. The molecule has 0 spiro atoms. The molecule has 108 valence electrons. The Labute approximate surface area is 124 Å². The van der Waals surface area contributed by atoms with Crippen molar-refractivity contribution in [1.82, 2.24) is 10.2 Å². The normalized spacial score (nSPS) is 18.7. The summed E-state index contributed by atoms with van der Waals surface area (Å²) in [5, 5.41) is 2.65. The van der Waals surface area contributed by atoms with E-state index in [1.165, 1.54) is 0 Å². The van der Waals surface area contributed by atoms with Gasteiger partial charge in [-0.25, -0.2) is 0 Å². The predicted octanol–water partition coefficient (Wildman–Crippen LogP) is 1.64. The number of piperidine rings is 1. The number of likely N-dealkylation sites (N-methyl/N-ethyl adjacent to an activating group) is 1. The van der Waals surface area contributed by atoms with Gasteiger partial charge in [0.25, 0.3) is 0 Å². The van der Waals surface area contributed by atoms with Crippen molar-refractivity contribution in [3.05, 3.63) is 29.8 Å². The van der Waals surface area contributed by atoms with E-state index in [-0.39, 0.29) is 17.9 Å². The van der Waals surface area contributed by atoms with Gasteiger partial charge in [0.2, 0.25) is 11.8 Å². The minimum Gasteiger partial charge on any atom is -0.357 e. The second-order valence-electron chi connectivity index (χ2n) is 5.06. The third-order valence-electron chi connectivity index (χ3n) is 3.66. The molecule has 5 heteroatoms. The van der Waals surface area contributed by atoms with Crippen LogP contribution in [0.5, 0.6) is 0 Å². The van der Waals surface area contributed by atoms with Crippen molar-refractivity contribution in [2.75, 3.05) is 13.6 Å². The van der Waals surface area contributed by atoms with Gasteiger partial charge in [-0.3, -0.25) is 9.59 Å². The van der Waals surface area contributed by atoms with E-state index in [1.54, 1.807) is 11.9 Å². The zero-order valence-corrected chi connectivity index (χ0v) is 12.5. The van der Waals surface area contributed by atoms with Crippen LogP contribution in [0.4, 0.5) is 0 Å². The van der Waals surface area contributed by atoms with Gasteiger partial charge in [0, 0.05) is 18.5 Å². The number of rotatable bonds is 3. The lowest BCUT2D eigenvalue weighted by Gasteiger charge is -2.34. The van der Waals surface area contributed by atoms with Gasteiger partial charge in [-0.1, -0.05) is 12.1 Å². The monoisotopic (exact) mass is 292 g/mol. The minimum atomic E-state index is -0.314. The van der Waals surface area contributed by atoms with Gasteiger partial charge in [-0.2, -0.15) is 0 Å². The largest absolute Gasteiger partial charge is 0.357 e. The maximum Gasteiger partial charge on any atom is 0.242 e. The Balaban J connectivity index is 2.05. The lowest BCUT2D eigenvalue weighted by Crippen LogP contribution is -2.51. The van der Waals surface area contributed by atoms with Crippen LogP contribution in [0.25, 0.3) is 0 Å². The van der Waals surface area contributed by atoms with Gasteiger partial charge in [0.15, 0.2) is 0 Å². The summed E-state index contributed by atoms with van der Waals surface area (Å²) in [6, 6.07) is 7.24. The molecule has 0 bridgehead atoms.